The van der Waals surface area contributed by atoms with Gasteiger partial charge >= 0.3 is 5.97 Å². The fourth-order valence-corrected chi connectivity index (χ4v) is 4.39. The maximum atomic E-state index is 12.6. The fourth-order valence-electron chi connectivity index (χ4n) is 2.74. The average Bonchev–Trinajstić information content (AvgIpc) is 3.21. The molecule has 0 atom stereocenters. The number of ketones is 1. The first-order valence-electron chi connectivity index (χ1n) is 10.4. The van der Waals surface area contributed by atoms with E-state index in [2.05, 4.69) is 10.3 Å². The van der Waals surface area contributed by atoms with Crippen LogP contribution in [0.5, 0.6) is 0 Å². The van der Waals surface area contributed by atoms with Gasteiger partial charge in [-0.3, -0.25) is 9.59 Å². The second kappa shape index (κ2) is 10.8. The SMILES string of the molecule is Cc1nc(CSc2ccccc2C(=O)OCC(=O)c2ccc(NC(=O)C(C)(C)C)cc2)cs1. The number of rotatable bonds is 8. The molecule has 172 valence electrons. The van der Waals surface area contributed by atoms with Crippen LogP contribution in [0, 0.1) is 12.3 Å². The molecule has 0 fully saturated rings. The average molecular weight is 483 g/mol. The van der Waals surface area contributed by atoms with Crippen LogP contribution >= 0.6 is 23.1 Å². The number of thiazole rings is 1. The smallest absolute Gasteiger partial charge is 0.339 e. The number of anilines is 1. The van der Waals surface area contributed by atoms with Gasteiger partial charge in [0.1, 0.15) is 0 Å². The van der Waals surface area contributed by atoms with Gasteiger partial charge in [-0.1, -0.05) is 32.9 Å². The van der Waals surface area contributed by atoms with Gasteiger partial charge in [0, 0.05) is 32.7 Å². The van der Waals surface area contributed by atoms with Crippen molar-refractivity contribution in [1.29, 1.82) is 0 Å². The number of aromatic nitrogens is 1. The summed E-state index contributed by atoms with van der Waals surface area (Å²) in [5, 5.41) is 5.81. The van der Waals surface area contributed by atoms with Gasteiger partial charge in [-0.05, 0) is 43.3 Å². The van der Waals surface area contributed by atoms with Gasteiger partial charge in [0.2, 0.25) is 5.91 Å². The molecule has 0 bridgehead atoms. The maximum absolute atomic E-state index is 12.6. The van der Waals surface area contributed by atoms with Crippen molar-refractivity contribution in [1.82, 2.24) is 4.98 Å². The van der Waals surface area contributed by atoms with E-state index >= 15 is 0 Å². The molecule has 8 heteroatoms. The molecule has 0 unspecified atom stereocenters. The Bertz CT molecular complexity index is 1150. The van der Waals surface area contributed by atoms with Crippen molar-refractivity contribution < 1.29 is 19.1 Å². The molecule has 0 spiro atoms. The van der Waals surface area contributed by atoms with Gasteiger partial charge in [-0.15, -0.1) is 23.1 Å². The lowest BCUT2D eigenvalue weighted by Gasteiger charge is -2.17. The van der Waals surface area contributed by atoms with Crippen LogP contribution in [0.25, 0.3) is 0 Å². The van der Waals surface area contributed by atoms with Crippen LogP contribution in [0.15, 0.2) is 58.8 Å². The number of nitrogens with one attached hydrogen (secondary N) is 1. The second-order valence-corrected chi connectivity index (χ2v) is 10.5. The van der Waals surface area contributed by atoms with E-state index in [1.54, 1.807) is 47.7 Å². The molecule has 2 aromatic carbocycles. The molecule has 0 aliphatic carbocycles. The highest BCUT2D eigenvalue weighted by atomic mass is 32.2. The number of nitrogens with zero attached hydrogens (tertiary/aromatic N) is 1. The predicted molar refractivity (Wildman–Crippen MR) is 132 cm³/mol. The van der Waals surface area contributed by atoms with Gasteiger partial charge in [0.25, 0.3) is 0 Å². The first-order valence-corrected chi connectivity index (χ1v) is 12.2. The molecule has 33 heavy (non-hydrogen) atoms. The van der Waals surface area contributed by atoms with Crippen LogP contribution in [0.2, 0.25) is 0 Å². The molecular weight excluding hydrogens is 456 g/mol. The third-order valence-electron chi connectivity index (χ3n) is 4.63. The Morgan fingerprint density at radius 1 is 1.06 bits per heavy atom. The Balaban J connectivity index is 1.57. The van der Waals surface area contributed by atoms with Gasteiger partial charge in [-0.25, -0.2) is 9.78 Å². The first-order chi connectivity index (χ1) is 15.6. The summed E-state index contributed by atoms with van der Waals surface area (Å²) in [7, 11) is 0. The third-order valence-corrected chi connectivity index (χ3v) is 6.56. The van der Waals surface area contributed by atoms with Crippen molar-refractivity contribution in [2.75, 3.05) is 11.9 Å². The van der Waals surface area contributed by atoms with E-state index in [0.29, 0.717) is 22.6 Å². The van der Waals surface area contributed by atoms with E-state index in [-0.39, 0.29) is 18.3 Å². The summed E-state index contributed by atoms with van der Waals surface area (Å²) in [6, 6.07) is 13.7. The summed E-state index contributed by atoms with van der Waals surface area (Å²) in [5.41, 5.74) is 1.87. The quantitative estimate of drug-likeness (QED) is 0.249. The lowest BCUT2D eigenvalue weighted by molar-refractivity contribution is -0.123. The molecule has 3 aromatic rings. The number of carbonyl (C=O) groups is 3. The Kier molecular flexibility index (Phi) is 8.05. The summed E-state index contributed by atoms with van der Waals surface area (Å²) in [6.07, 6.45) is 0. The topological polar surface area (TPSA) is 85.4 Å². The summed E-state index contributed by atoms with van der Waals surface area (Å²) in [6.45, 7) is 7.06. The maximum Gasteiger partial charge on any atom is 0.339 e. The van der Waals surface area contributed by atoms with Crippen molar-refractivity contribution in [3.8, 4) is 0 Å². The van der Waals surface area contributed by atoms with E-state index in [0.717, 1.165) is 15.6 Å². The number of hydrogen-bond acceptors (Lipinski definition) is 7. The molecule has 1 N–H and O–H groups in total. The van der Waals surface area contributed by atoms with Crippen molar-refractivity contribution in [3.05, 3.63) is 75.7 Å². The normalized spacial score (nSPS) is 11.2. The number of thioether (sulfide) groups is 1. The van der Waals surface area contributed by atoms with E-state index in [1.165, 1.54) is 11.8 Å². The Morgan fingerprint density at radius 2 is 1.76 bits per heavy atom. The van der Waals surface area contributed by atoms with Crippen LogP contribution in [-0.4, -0.2) is 29.3 Å². The minimum absolute atomic E-state index is 0.114. The van der Waals surface area contributed by atoms with Crippen LogP contribution in [-0.2, 0) is 15.3 Å². The number of aryl methyl sites for hydroxylation is 1. The zero-order valence-electron chi connectivity index (χ0n) is 19.0. The molecule has 1 aromatic heterocycles. The van der Waals surface area contributed by atoms with Crippen molar-refractivity contribution >= 4 is 46.4 Å². The van der Waals surface area contributed by atoms with E-state index in [1.807, 2.05) is 45.2 Å². The molecule has 3 rings (SSSR count). The Hall–Kier alpha value is -2.97. The standard InChI is InChI=1S/C25H26N2O4S2/c1-16-26-19(14-32-16)15-33-22-8-6-5-7-20(22)23(29)31-13-21(28)17-9-11-18(12-10-17)27-24(30)25(2,3)4/h5-12,14H,13,15H2,1-4H3,(H,27,30). The summed E-state index contributed by atoms with van der Waals surface area (Å²) >= 11 is 3.09. The van der Waals surface area contributed by atoms with Crippen LogP contribution in [0.1, 0.15) is 52.2 Å². The molecule has 0 radical (unpaired) electrons. The molecule has 0 aliphatic rings. The van der Waals surface area contributed by atoms with Crippen LogP contribution in [0.3, 0.4) is 0 Å². The predicted octanol–water partition coefficient (Wildman–Crippen LogP) is 5.77. The zero-order chi connectivity index (χ0) is 24.0. The number of ether oxygens (including phenoxy) is 1. The van der Waals surface area contributed by atoms with Crippen LogP contribution < -0.4 is 5.32 Å². The Labute approximate surface area is 201 Å². The highest BCUT2D eigenvalue weighted by Gasteiger charge is 2.21. The van der Waals surface area contributed by atoms with Crippen molar-refractivity contribution in [2.24, 2.45) is 5.41 Å². The highest BCUT2D eigenvalue weighted by molar-refractivity contribution is 7.98. The van der Waals surface area contributed by atoms with Gasteiger partial charge in [0.05, 0.1) is 16.3 Å². The number of esters is 1. The number of hydrogen-bond donors (Lipinski definition) is 1. The van der Waals surface area contributed by atoms with Crippen molar-refractivity contribution in [2.45, 2.75) is 38.3 Å². The zero-order valence-corrected chi connectivity index (χ0v) is 20.6. The lowest BCUT2D eigenvalue weighted by Crippen LogP contribution is -2.27. The molecule has 1 heterocycles. The van der Waals surface area contributed by atoms with Gasteiger partial charge in [-0.2, -0.15) is 0 Å². The number of benzene rings is 2. The second-order valence-electron chi connectivity index (χ2n) is 8.42. The van der Waals surface area contributed by atoms with E-state index in [4.69, 9.17) is 4.74 Å². The lowest BCUT2D eigenvalue weighted by atomic mass is 9.95. The van der Waals surface area contributed by atoms with Gasteiger partial charge < -0.3 is 10.1 Å². The molecule has 0 saturated heterocycles. The largest absolute Gasteiger partial charge is 0.454 e. The van der Waals surface area contributed by atoms with Crippen LogP contribution in [0.4, 0.5) is 5.69 Å². The minimum Gasteiger partial charge on any atom is -0.454 e. The first kappa shape index (κ1) is 24.7. The monoisotopic (exact) mass is 482 g/mol. The number of amides is 1. The van der Waals surface area contributed by atoms with E-state index in [9.17, 15) is 14.4 Å². The van der Waals surface area contributed by atoms with E-state index < -0.39 is 11.4 Å². The fraction of sp³-hybridized carbons (Fsp3) is 0.280. The Morgan fingerprint density at radius 3 is 2.39 bits per heavy atom. The summed E-state index contributed by atoms with van der Waals surface area (Å²) in [4.78, 5) is 42.4. The minimum atomic E-state index is -0.546. The number of Topliss-reactive ketones (excluding diaryl/α,β-unsaturated/α-hetero) is 1. The molecular formula is C25H26N2O4S2. The molecule has 0 aliphatic heterocycles. The summed E-state index contributed by atoms with van der Waals surface area (Å²) < 4.78 is 5.30. The number of carbonyl (C=O) groups excluding carboxylic acids is 3. The van der Waals surface area contributed by atoms with Gasteiger partial charge in [0.15, 0.2) is 12.4 Å². The highest BCUT2D eigenvalue weighted by Crippen LogP contribution is 2.27. The third kappa shape index (κ3) is 7.00. The molecule has 1 amide bonds. The molecule has 6 nitrogen and oxygen atoms in total. The summed E-state index contributed by atoms with van der Waals surface area (Å²) in [5.74, 6) is -0.335. The molecule has 0 saturated carbocycles. The van der Waals surface area contributed by atoms with Crippen molar-refractivity contribution in [3.63, 3.8) is 0 Å².